The number of nitrogen functional groups attached to an aromatic ring is 1. The van der Waals surface area contributed by atoms with E-state index in [4.69, 9.17) is 10.5 Å². The summed E-state index contributed by atoms with van der Waals surface area (Å²) in [5.41, 5.74) is 7.81. The van der Waals surface area contributed by atoms with Crippen LogP contribution in [0.1, 0.15) is 0 Å². The molecule has 2 rings (SSSR count). The van der Waals surface area contributed by atoms with E-state index < -0.39 is 9.84 Å². The molecular weight excluding hydrogens is 278 g/mol. The van der Waals surface area contributed by atoms with E-state index in [1.165, 1.54) is 10.9 Å². The highest BCUT2D eigenvalue weighted by Gasteiger charge is 2.13. The van der Waals surface area contributed by atoms with Gasteiger partial charge in [-0.05, 0) is 12.1 Å². The van der Waals surface area contributed by atoms with Gasteiger partial charge >= 0.3 is 0 Å². The summed E-state index contributed by atoms with van der Waals surface area (Å²) in [5.74, 6) is 0.701. The molecule has 0 spiro atoms. The smallest absolute Gasteiger partial charge is 0.149 e. The molecule has 0 amide bonds. The maximum atomic E-state index is 11.2. The average molecular weight is 295 g/mol. The first-order valence-electron chi connectivity index (χ1n) is 6.05. The third-order valence-electron chi connectivity index (χ3n) is 2.84. The first kappa shape index (κ1) is 14.4. The number of nitrogens with two attached hydrogens (primary N) is 1. The minimum atomic E-state index is -3.03. The lowest BCUT2D eigenvalue weighted by Crippen LogP contribution is -2.11. The van der Waals surface area contributed by atoms with Crippen molar-refractivity contribution in [3.8, 4) is 17.0 Å². The Kier molecular flexibility index (Phi) is 3.99. The highest BCUT2D eigenvalue weighted by molar-refractivity contribution is 7.90. The summed E-state index contributed by atoms with van der Waals surface area (Å²) >= 11 is 0. The van der Waals surface area contributed by atoms with Crippen molar-refractivity contribution in [3.63, 3.8) is 0 Å². The number of aromatic nitrogens is 2. The SMILES string of the molecule is COc1ccccc1-c1nn(CCS(C)(=O)=O)cc1N. The van der Waals surface area contributed by atoms with Crippen LogP contribution in [0.5, 0.6) is 5.75 Å². The summed E-state index contributed by atoms with van der Waals surface area (Å²) in [4.78, 5) is 0. The molecule has 0 aliphatic carbocycles. The molecule has 6 nitrogen and oxygen atoms in total. The van der Waals surface area contributed by atoms with E-state index >= 15 is 0 Å². The van der Waals surface area contributed by atoms with Crippen LogP contribution in [-0.4, -0.2) is 37.3 Å². The zero-order valence-corrected chi connectivity index (χ0v) is 12.2. The molecule has 1 aromatic carbocycles. The van der Waals surface area contributed by atoms with E-state index in [0.29, 0.717) is 17.1 Å². The summed E-state index contributed by atoms with van der Waals surface area (Å²) in [6, 6.07) is 7.41. The summed E-state index contributed by atoms with van der Waals surface area (Å²) < 4.78 is 29.2. The van der Waals surface area contributed by atoms with Crippen LogP contribution in [0.2, 0.25) is 0 Å². The van der Waals surface area contributed by atoms with Crippen LogP contribution in [0.4, 0.5) is 5.69 Å². The molecular formula is C13H17N3O3S. The van der Waals surface area contributed by atoms with E-state index in [1.54, 1.807) is 13.3 Å². The second-order valence-electron chi connectivity index (χ2n) is 4.53. The zero-order chi connectivity index (χ0) is 14.8. The van der Waals surface area contributed by atoms with Gasteiger partial charge in [-0.1, -0.05) is 12.1 Å². The Morgan fingerprint density at radius 1 is 1.35 bits per heavy atom. The van der Waals surface area contributed by atoms with Gasteiger partial charge in [-0.3, -0.25) is 4.68 Å². The van der Waals surface area contributed by atoms with Gasteiger partial charge in [-0.25, -0.2) is 8.42 Å². The number of rotatable bonds is 5. The van der Waals surface area contributed by atoms with Gasteiger partial charge < -0.3 is 10.5 Å². The Morgan fingerprint density at radius 3 is 2.70 bits per heavy atom. The number of sulfone groups is 1. The summed E-state index contributed by atoms with van der Waals surface area (Å²) in [5, 5.41) is 4.34. The van der Waals surface area contributed by atoms with E-state index in [-0.39, 0.29) is 12.3 Å². The molecule has 0 fully saturated rings. The molecule has 2 aromatic rings. The van der Waals surface area contributed by atoms with E-state index in [9.17, 15) is 8.42 Å². The molecule has 20 heavy (non-hydrogen) atoms. The first-order valence-corrected chi connectivity index (χ1v) is 8.11. The molecule has 0 saturated carbocycles. The number of benzene rings is 1. The number of para-hydroxylation sites is 1. The molecule has 1 heterocycles. The second-order valence-corrected chi connectivity index (χ2v) is 6.79. The van der Waals surface area contributed by atoms with Gasteiger partial charge in [0.1, 0.15) is 21.3 Å². The number of hydrogen-bond donors (Lipinski definition) is 1. The van der Waals surface area contributed by atoms with Crippen LogP contribution >= 0.6 is 0 Å². The second kappa shape index (κ2) is 5.54. The molecule has 7 heteroatoms. The van der Waals surface area contributed by atoms with Crippen molar-refractivity contribution < 1.29 is 13.2 Å². The molecule has 108 valence electrons. The van der Waals surface area contributed by atoms with Crippen LogP contribution < -0.4 is 10.5 Å². The summed E-state index contributed by atoms with van der Waals surface area (Å²) in [6.07, 6.45) is 2.83. The topological polar surface area (TPSA) is 87.2 Å². The molecule has 0 saturated heterocycles. The number of anilines is 1. The predicted molar refractivity (Wildman–Crippen MR) is 78.3 cm³/mol. The molecule has 0 radical (unpaired) electrons. The normalized spacial score (nSPS) is 11.5. The van der Waals surface area contributed by atoms with Gasteiger partial charge in [0, 0.05) is 18.0 Å². The molecule has 0 aliphatic rings. The van der Waals surface area contributed by atoms with Crippen LogP contribution in [0.15, 0.2) is 30.5 Å². The Balaban J connectivity index is 2.32. The third kappa shape index (κ3) is 3.30. The van der Waals surface area contributed by atoms with Crippen LogP contribution in [0.25, 0.3) is 11.3 Å². The third-order valence-corrected chi connectivity index (χ3v) is 3.77. The maximum Gasteiger partial charge on any atom is 0.149 e. The Bertz CT molecular complexity index is 707. The fraction of sp³-hybridized carbons (Fsp3) is 0.308. The standard InChI is InChI=1S/C13H17N3O3S/c1-19-12-6-4-3-5-10(12)13-11(14)9-16(15-13)7-8-20(2,17)18/h3-6,9H,7-8,14H2,1-2H3. The Labute approximate surface area is 118 Å². The van der Waals surface area contributed by atoms with E-state index in [0.717, 1.165) is 5.56 Å². The number of hydrogen-bond acceptors (Lipinski definition) is 5. The molecule has 0 atom stereocenters. The van der Waals surface area contributed by atoms with E-state index in [2.05, 4.69) is 5.10 Å². The van der Waals surface area contributed by atoms with Gasteiger partial charge in [0.05, 0.1) is 25.1 Å². The number of aryl methyl sites for hydroxylation is 1. The quantitative estimate of drug-likeness (QED) is 0.895. The van der Waals surface area contributed by atoms with E-state index in [1.807, 2.05) is 24.3 Å². The Morgan fingerprint density at radius 2 is 2.05 bits per heavy atom. The lowest BCUT2D eigenvalue weighted by molar-refractivity contribution is 0.416. The predicted octanol–water partition coefficient (Wildman–Crippen LogP) is 1.19. The van der Waals surface area contributed by atoms with Crippen LogP contribution in [0, 0.1) is 0 Å². The van der Waals surface area contributed by atoms with Crippen molar-refractivity contribution in [2.24, 2.45) is 0 Å². The molecule has 0 bridgehead atoms. The highest BCUT2D eigenvalue weighted by atomic mass is 32.2. The molecule has 1 aromatic heterocycles. The average Bonchev–Trinajstić information content (AvgIpc) is 2.77. The highest BCUT2D eigenvalue weighted by Crippen LogP contribution is 2.31. The number of methoxy groups -OCH3 is 1. The molecule has 0 aliphatic heterocycles. The fourth-order valence-electron chi connectivity index (χ4n) is 1.86. The van der Waals surface area contributed by atoms with Crippen molar-refractivity contribution in [3.05, 3.63) is 30.5 Å². The fourth-order valence-corrected chi connectivity index (χ4v) is 2.38. The van der Waals surface area contributed by atoms with Gasteiger partial charge in [-0.15, -0.1) is 0 Å². The number of nitrogens with zero attached hydrogens (tertiary/aromatic N) is 2. The molecule has 2 N–H and O–H groups in total. The minimum Gasteiger partial charge on any atom is -0.496 e. The van der Waals surface area contributed by atoms with Crippen molar-refractivity contribution >= 4 is 15.5 Å². The first-order chi connectivity index (χ1) is 9.40. The summed E-state index contributed by atoms with van der Waals surface area (Å²) in [7, 11) is -1.45. The van der Waals surface area contributed by atoms with Crippen molar-refractivity contribution in [2.75, 3.05) is 24.9 Å². The van der Waals surface area contributed by atoms with Gasteiger partial charge in [0.2, 0.25) is 0 Å². The monoisotopic (exact) mass is 295 g/mol. The lowest BCUT2D eigenvalue weighted by atomic mass is 10.1. The minimum absolute atomic E-state index is 0.0273. The van der Waals surface area contributed by atoms with Crippen molar-refractivity contribution in [1.29, 1.82) is 0 Å². The van der Waals surface area contributed by atoms with Gasteiger partial charge in [0.15, 0.2) is 0 Å². The van der Waals surface area contributed by atoms with Crippen LogP contribution in [0.3, 0.4) is 0 Å². The van der Waals surface area contributed by atoms with Gasteiger partial charge in [-0.2, -0.15) is 5.10 Å². The molecule has 0 unspecified atom stereocenters. The van der Waals surface area contributed by atoms with Crippen LogP contribution in [-0.2, 0) is 16.4 Å². The number of ether oxygens (including phenoxy) is 1. The zero-order valence-electron chi connectivity index (χ0n) is 11.4. The van der Waals surface area contributed by atoms with Gasteiger partial charge in [0.25, 0.3) is 0 Å². The summed E-state index contributed by atoms with van der Waals surface area (Å²) in [6.45, 7) is 0.276. The van der Waals surface area contributed by atoms with Crippen molar-refractivity contribution in [1.82, 2.24) is 9.78 Å². The largest absolute Gasteiger partial charge is 0.496 e. The lowest BCUT2D eigenvalue weighted by Gasteiger charge is -2.06. The maximum absolute atomic E-state index is 11.2. The Hall–Kier alpha value is -2.02. The van der Waals surface area contributed by atoms with Crippen molar-refractivity contribution in [2.45, 2.75) is 6.54 Å².